The number of nitrogens with zero attached hydrogens (tertiary/aromatic N) is 1. The van der Waals surface area contributed by atoms with Gasteiger partial charge < -0.3 is 14.8 Å². The normalized spacial score (nSPS) is 12.0. The molecule has 0 bridgehead atoms. The quantitative estimate of drug-likeness (QED) is 0.742. The second-order valence-corrected chi connectivity index (χ2v) is 6.61. The van der Waals surface area contributed by atoms with E-state index in [1.165, 1.54) is 6.07 Å². The van der Waals surface area contributed by atoms with Crippen LogP contribution < -0.4 is 14.8 Å². The van der Waals surface area contributed by atoms with Crippen LogP contribution in [0.15, 0.2) is 36.4 Å². The number of halogens is 2. The van der Waals surface area contributed by atoms with E-state index in [0.29, 0.717) is 28.6 Å². The minimum absolute atomic E-state index is 0.167. The van der Waals surface area contributed by atoms with Gasteiger partial charge >= 0.3 is 0 Å². The van der Waals surface area contributed by atoms with E-state index in [1.807, 2.05) is 12.1 Å². The van der Waals surface area contributed by atoms with E-state index >= 15 is 0 Å². The molecular formula is C20H24ClFN2O3. The molecule has 5 nitrogen and oxygen atoms in total. The summed E-state index contributed by atoms with van der Waals surface area (Å²) in [5, 5.41) is 3.23. The van der Waals surface area contributed by atoms with Crippen LogP contribution in [-0.2, 0) is 17.9 Å². The Morgan fingerprint density at radius 3 is 2.56 bits per heavy atom. The van der Waals surface area contributed by atoms with Crippen molar-refractivity contribution < 1.29 is 18.7 Å². The lowest BCUT2D eigenvalue weighted by Crippen LogP contribution is -2.42. The van der Waals surface area contributed by atoms with Gasteiger partial charge in [-0.05, 0) is 43.8 Å². The van der Waals surface area contributed by atoms with Crippen LogP contribution in [0.1, 0.15) is 18.1 Å². The monoisotopic (exact) mass is 394 g/mol. The van der Waals surface area contributed by atoms with Gasteiger partial charge in [0.1, 0.15) is 5.82 Å². The molecule has 0 aromatic heterocycles. The highest BCUT2D eigenvalue weighted by Crippen LogP contribution is 2.27. The zero-order chi connectivity index (χ0) is 20.0. The second kappa shape index (κ2) is 9.58. The van der Waals surface area contributed by atoms with Crippen molar-refractivity contribution in [1.82, 2.24) is 10.2 Å². The Balaban J connectivity index is 1.97. The molecule has 0 aliphatic carbocycles. The molecule has 0 heterocycles. The highest BCUT2D eigenvalue weighted by atomic mass is 35.5. The van der Waals surface area contributed by atoms with Crippen LogP contribution in [0.4, 0.5) is 4.39 Å². The van der Waals surface area contributed by atoms with Gasteiger partial charge in [-0.15, -0.1) is 0 Å². The van der Waals surface area contributed by atoms with E-state index in [4.69, 9.17) is 21.1 Å². The number of methoxy groups -OCH3 is 2. The summed E-state index contributed by atoms with van der Waals surface area (Å²) in [6.45, 7) is 2.34. The van der Waals surface area contributed by atoms with E-state index in [9.17, 15) is 9.18 Å². The number of benzene rings is 2. The molecule has 146 valence electrons. The minimum atomic E-state index is -0.458. The Morgan fingerprint density at radius 2 is 1.93 bits per heavy atom. The fourth-order valence-electron chi connectivity index (χ4n) is 2.60. The highest BCUT2D eigenvalue weighted by Gasteiger charge is 2.20. The Labute approximate surface area is 164 Å². The Morgan fingerprint density at radius 1 is 1.22 bits per heavy atom. The molecular weight excluding hydrogens is 371 g/mol. The third-order valence-electron chi connectivity index (χ3n) is 4.42. The van der Waals surface area contributed by atoms with Gasteiger partial charge in [-0.2, -0.15) is 0 Å². The molecule has 0 spiro atoms. The Hall–Kier alpha value is -2.31. The third kappa shape index (κ3) is 5.34. The molecule has 7 heteroatoms. The molecule has 0 radical (unpaired) electrons. The lowest BCUT2D eigenvalue weighted by atomic mass is 10.1. The van der Waals surface area contributed by atoms with Crippen LogP contribution in [0.2, 0.25) is 5.02 Å². The van der Waals surface area contributed by atoms with Crippen LogP contribution in [0.3, 0.4) is 0 Å². The molecule has 1 unspecified atom stereocenters. The smallest absolute Gasteiger partial charge is 0.237 e. The number of hydrogen-bond donors (Lipinski definition) is 1. The first-order valence-electron chi connectivity index (χ1n) is 8.49. The summed E-state index contributed by atoms with van der Waals surface area (Å²) < 4.78 is 24.4. The van der Waals surface area contributed by atoms with Crippen molar-refractivity contribution >= 4 is 17.5 Å². The fraction of sp³-hybridized carbons (Fsp3) is 0.350. The highest BCUT2D eigenvalue weighted by molar-refractivity contribution is 6.31. The SMILES string of the molecule is COc1ccc(CNC(=O)C(C)N(C)Cc2c(F)cccc2Cl)cc1OC. The van der Waals surface area contributed by atoms with Crippen molar-refractivity contribution in [3.8, 4) is 11.5 Å². The summed E-state index contributed by atoms with van der Waals surface area (Å²) in [6, 6.07) is 9.55. The maximum atomic E-state index is 13.9. The average Bonchev–Trinajstić information content (AvgIpc) is 2.67. The number of amides is 1. The average molecular weight is 395 g/mol. The van der Waals surface area contributed by atoms with Gasteiger partial charge in [-0.3, -0.25) is 9.69 Å². The predicted octanol–water partition coefficient (Wildman–Crippen LogP) is 3.63. The molecule has 2 rings (SSSR count). The first-order chi connectivity index (χ1) is 12.9. The van der Waals surface area contributed by atoms with Crippen LogP contribution >= 0.6 is 11.6 Å². The van der Waals surface area contributed by atoms with Crippen molar-refractivity contribution in [2.75, 3.05) is 21.3 Å². The van der Waals surface area contributed by atoms with Gasteiger partial charge in [-0.1, -0.05) is 23.7 Å². The molecule has 0 saturated carbocycles. The number of carbonyl (C=O) groups excluding carboxylic acids is 1. The molecule has 2 aromatic carbocycles. The third-order valence-corrected chi connectivity index (χ3v) is 4.78. The molecule has 1 amide bonds. The van der Waals surface area contributed by atoms with Crippen molar-refractivity contribution in [2.24, 2.45) is 0 Å². The molecule has 0 aliphatic heterocycles. The fourth-order valence-corrected chi connectivity index (χ4v) is 2.82. The number of rotatable bonds is 8. The summed E-state index contributed by atoms with van der Waals surface area (Å²) in [7, 11) is 4.88. The van der Waals surface area contributed by atoms with Gasteiger partial charge in [0.2, 0.25) is 5.91 Å². The van der Waals surface area contributed by atoms with Crippen LogP contribution in [-0.4, -0.2) is 38.1 Å². The van der Waals surface area contributed by atoms with E-state index in [2.05, 4.69) is 5.32 Å². The van der Waals surface area contributed by atoms with E-state index in [0.717, 1.165) is 5.56 Å². The first kappa shape index (κ1) is 21.0. The van der Waals surface area contributed by atoms with Gasteiger partial charge in [-0.25, -0.2) is 4.39 Å². The molecule has 27 heavy (non-hydrogen) atoms. The molecule has 0 aliphatic rings. The summed E-state index contributed by atoms with van der Waals surface area (Å²) in [5.74, 6) is 0.679. The van der Waals surface area contributed by atoms with Gasteiger partial charge in [0.15, 0.2) is 11.5 Å². The lowest BCUT2D eigenvalue weighted by molar-refractivity contribution is -0.125. The molecule has 1 N–H and O–H groups in total. The van der Waals surface area contributed by atoms with Gasteiger partial charge in [0.25, 0.3) is 0 Å². The molecule has 0 saturated heterocycles. The second-order valence-electron chi connectivity index (χ2n) is 6.20. The molecule has 1 atom stereocenters. The summed E-state index contributed by atoms with van der Waals surface area (Å²) in [5.41, 5.74) is 1.26. The Bertz CT molecular complexity index is 781. The van der Waals surface area contributed by atoms with Gasteiger partial charge in [0, 0.05) is 23.7 Å². The van der Waals surface area contributed by atoms with E-state index in [1.54, 1.807) is 51.3 Å². The number of ether oxygens (including phenoxy) is 2. The minimum Gasteiger partial charge on any atom is -0.493 e. The largest absolute Gasteiger partial charge is 0.493 e. The zero-order valence-electron chi connectivity index (χ0n) is 15.9. The molecule has 0 fully saturated rings. The number of hydrogen-bond acceptors (Lipinski definition) is 4. The maximum Gasteiger partial charge on any atom is 0.237 e. The van der Waals surface area contributed by atoms with Crippen molar-refractivity contribution in [2.45, 2.75) is 26.1 Å². The van der Waals surface area contributed by atoms with Crippen LogP contribution in [0.25, 0.3) is 0 Å². The van der Waals surface area contributed by atoms with Crippen molar-refractivity contribution in [1.29, 1.82) is 0 Å². The summed E-state index contributed by atoms with van der Waals surface area (Å²) in [6.07, 6.45) is 0. The predicted molar refractivity (Wildman–Crippen MR) is 104 cm³/mol. The van der Waals surface area contributed by atoms with Crippen LogP contribution in [0, 0.1) is 5.82 Å². The van der Waals surface area contributed by atoms with E-state index in [-0.39, 0.29) is 18.3 Å². The standard InChI is InChI=1S/C20H24ClFN2O3/c1-13(24(2)12-15-16(21)6-5-7-17(15)22)20(25)23-11-14-8-9-18(26-3)19(10-14)27-4/h5-10,13H,11-12H2,1-4H3,(H,23,25). The van der Waals surface area contributed by atoms with Gasteiger partial charge in [0.05, 0.1) is 20.3 Å². The summed E-state index contributed by atoms with van der Waals surface area (Å²) >= 11 is 6.06. The topological polar surface area (TPSA) is 50.8 Å². The maximum absolute atomic E-state index is 13.9. The first-order valence-corrected chi connectivity index (χ1v) is 8.87. The number of nitrogens with one attached hydrogen (secondary N) is 1. The van der Waals surface area contributed by atoms with Crippen molar-refractivity contribution in [3.63, 3.8) is 0 Å². The number of carbonyl (C=O) groups is 1. The Kier molecular flexibility index (Phi) is 7.45. The van der Waals surface area contributed by atoms with E-state index < -0.39 is 6.04 Å². The molecule has 2 aromatic rings. The van der Waals surface area contributed by atoms with Crippen LogP contribution in [0.5, 0.6) is 11.5 Å². The van der Waals surface area contributed by atoms with Crippen molar-refractivity contribution in [3.05, 3.63) is 58.4 Å². The number of likely N-dealkylation sites (N-methyl/N-ethyl adjacent to an activating group) is 1. The zero-order valence-corrected chi connectivity index (χ0v) is 16.6. The summed E-state index contributed by atoms with van der Waals surface area (Å²) in [4.78, 5) is 14.2. The lowest BCUT2D eigenvalue weighted by Gasteiger charge is -2.24.